The number of nitrogens with zero attached hydrogens (tertiary/aromatic N) is 1. The van der Waals surface area contributed by atoms with Crippen LogP contribution in [-0.4, -0.2) is 10.1 Å². The van der Waals surface area contributed by atoms with Gasteiger partial charge in [-0.25, -0.2) is 0 Å². The molecule has 1 aliphatic heterocycles. The van der Waals surface area contributed by atoms with E-state index >= 15 is 0 Å². The van der Waals surface area contributed by atoms with E-state index in [4.69, 9.17) is 9.72 Å². The predicted molar refractivity (Wildman–Crippen MR) is 134 cm³/mol. The van der Waals surface area contributed by atoms with Gasteiger partial charge in [-0.2, -0.15) is 0 Å². The van der Waals surface area contributed by atoms with Gasteiger partial charge in [-0.15, -0.1) is 0 Å². The van der Waals surface area contributed by atoms with Crippen molar-refractivity contribution in [1.29, 1.82) is 0 Å². The molecule has 0 saturated heterocycles. The minimum Gasteiger partial charge on any atom is -0.388 e. The highest BCUT2D eigenvalue weighted by Crippen LogP contribution is 2.57. The van der Waals surface area contributed by atoms with Gasteiger partial charge >= 0.3 is 0 Å². The van der Waals surface area contributed by atoms with Crippen LogP contribution in [0.3, 0.4) is 0 Å². The van der Waals surface area contributed by atoms with E-state index in [0.29, 0.717) is 18.4 Å². The van der Waals surface area contributed by atoms with E-state index in [9.17, 15) is 5.11 Å². The number of benzene rings is 1. The summed E-state index contributed by atoms with van der Waals surface area (Å²) in [6.07, 6.45) is 4.43. The lowest BCUT2D eigenvalue weighted by Gasteiger charge is -2.38. The average molecular weight is 448 g/mol. The van der Waals surface area contributed by atoms with Crippen LogP contribution in [0.1, 0.15) is 131 Å². The van der Waals surface area contributed by atoms with Gasteiger partial charge in [0.25, 0.3) is 0 Å². The Morgan fingerprint density at radius 2 is 1.79 bits per heavy atom. The second-order valence-corrected chi connectivity index (χ2v) is 13.0. The highest BCUT2D eigenvalue weighted by atomic mass is 16.5. The topological polar surface area (TPSA) is 42.4 Å². The highest BCUT2D eigenvalue weighted by molar-refractivity contribution is 5.51. The van der Waals surface area contributed by atoms with Gasteiger partial charge in [0, 0.05) is 22.5 Å². The van der Waals surface area contributed by atoms with Crippen molar-refractivity contribution in [2.24, 2.45) is 5.41 Å². The molecule has 1 aromatic carbocycles. The Morgan fingerprint density at radius 3 is 2.42 bits per heavy atom. The van der Waals surface area contributed by atoms with Crippen LogP contribution in [0.25, 0.3) is 0 Å². The lowest BCUT2D eigenvalue weighted by atomic mass is 9.70. The van der Waals surface area contributed by atoms with Crippen molar-refractivity contribution < 1.29 is 9.84 Å². The largest absolute Gasteiger partial charge is 0.388 e. The van der Waals surface area contributed by atoms with E-state index in [-0.39, 0.29) is 16.4 Å². The molecule has 0 amide bonds. The minimum absolute atomic E-state index is 0.0710. The van der Waals surface area contributed by atoms with E-state index in [2.05, 4.69) is 72.7 Å². The summed E-state index contributed by atoms with van der Waals surface area (Å²) in [6, 6.07) is 9.27. The van der Waals surface area contributed by atoms with Crippen LogP contribution < -0.4 is 0 Å². The first kappa shape index (κ1) is 23.1. The summed E-state index contributed by atoms with van der Waals surface area (Å²) < 4.78 is 6.71. The van der Waals surface area contributed by atoms with Crippen molar-refractivity contribution in [2.75, 3.05) is 0 Å². The summed E-state index contributed by atoms with van der Waals surface area (Å²) in [5, 5.41) is 11.3. The number of pyridine rings is 1. The molecule has 1 spiro atoms. The fourth-order valence-corrected chi connectivity index (χ4v) is 6.69. The SMILES string of the molecule is CC(C)c1nc2c(c3c1COC31CC[C@@H](c3ccc(C(C)(C)C)cc3)C1)[C@H](O)CC(C)(C)C2. The maximum Gasteiger partial charge on any atom is 0.0950 e. The number of aromatic nitrogens is 1. The summed E-state index contributed by atoms with van der Waals surface area (Å²) in [5.41, 5.74) is 8.76. The van der Waals surface area contributed by atoms with Crippen LogP contribution in [0.4, 0.5) is 0 Å². The Hall–Kier alpha value is -1.71. The Morgan fingerprint density at radius 1 is 1.09 bits per heavy atom. The van der Waals surface area contributed by atoms with Crippen LogP contribution in [0.2, 0.25) is 0 Å². The quantitative estimate of drug-likeness (QED) is 0.529. The molecule has 3 heteroatoms. The van der Waals surface area contributed by atoms with Crippen molar-refractivity contribution in [3.05, 3.63) is 63.5 Å². The number of fused-ring (bicyclic) bond motifs is 4. The van der Waals surface area contributed by atoms with E-state index in [0.717, 1.165) is 43.4 Å². The molecule has 178 valence electrons. The number of hydrogen-bond acceptors (Lipinski definition) is 3. The smallest absolute Gasteiger partial charge is 0.0950 e. The van der Waals surface area contributed by atoms with Crippen LogP contribution in [-0.2, 0) is 28.8 Å². The summed E-state index contributed by atoms with van der Waals surface area (Å²) in [7, 11) is 0. The van der Waals surface area contributed by atoms with Gasteiger partial charge in [0.05, 0.1) is 18.3 Å². The Bertz CT molecular complexity index is 1060. The molecule has 1 unspecified atom stereocenters. The fourth-order valence-electron chi connectivity index (χ4n) is 6.69. The molecule has 3 atom stereocenters. The number of hydrogen-bond donors (Lipinski definition) is 1. The molecule has 3 aliphatic rings. The van der Waals surface area contributed by atoms with Crippen LogP contribution in [0.15, 0.2) is 24.3 Å². The van der Waals surface area contributed by atoms with Crippen LogP contribution in [0.5, 0.6) is 0 Å². The molecule has 1 N–H and O–H groups in total. The van der Waals surface area contributed by atoms with Gasteiger partial charge < -0.3 is 9.84 Å². The van der Waals surface area contributed by atoms with E-state index in [1.807, 2.05) is 0 Å². The summed E-state index contributed by atoms with van der Waals surface area (Å²) in [4.78, 5) is 5.15. The van der Waals surface area contributed by atoms with E-state index < -0.39 is 6.10 Å². The van der Waals surface area contributed by atoms with Gasteiger partial charge in [0.1, 0.15) is 0 Å². The molecule has 1 aromatic heterocycles. The molecule has 1 fully saturated rings. The molecular weight excluding hydrogens is 406 g/mol. The van der Waals surface area contributed by atoms with Crippen LogP contribution in [0, 0.1) is 5.41 Å². The minimum atomic E-state index is -0.449. The average Bonchev–Trinajstić information content (AvgIpc) is 3.31. The third-order valence-electron chi connectivity index (χ3n) is 8.39. The van der Waals surface area contributed by atoms with Crippen molar-refractivity contribution in [3.63, 3.8) is 0 Å². The first-order valence-corrected chi connectivity index (χ1v) is 12.9. The van der Waals surface area contributed by atoms with Crippen molar-refractivity contribution >= 4 is 0 Å². The van der Waals surface area contributed by atoms with Gasteiger partial charge in [-0.3, -0.25) is 4.98 Å². The third-order valence-corrected chi connectivity index (χ3v) is 8.39. The lowest BCUT2D eigenvalue weighted by molar-refractivity contribution is -0.0358. The van der Waals surface area contributed by atoms with Gasteiger partial charge in [0.2, 0.25) is 0 Å². The Labute approximate surface area is 200 Å². The van der Waals surface area contributed by atoms with Crippen molar-refractivity contribution in [3.8, 4) is 0 Å². The first-order valence-electron chi connectivity index (χ1n) is 12.9. The van der Waals surface area contributed by atoms with Crippen LogP contribution >= 0.6 is 0 Å². The second kappa shape index (κ2) is 7.65. The normalized spacial score (nSPS) is 28.4. The lowest BCUT2D eigenvalue weighted by Crippen LogP contribution is -2.32. The molecule has 2 aromatic rings. The zero-order valence-electron chi connectivity index (χ0n) is 21.6. The molecule has 33 heavy (non-hydrogen) atoms. The molecule has 0 radical (unpaired) electrons. The summed E-state index contributed by atoms with van der Waals surface area (Å²) in [6.45, 7) is 16.4. The molecule has 2 heterocycles. The number of ether oxygens (including phenoxy) is 1. The number of aliphatic hydroxyl groups is 1. The Balaban J connectivity index is 1.55. The zero-order chi connectivity index (χ0) is 23.8. The predicted octanol–water partition coefficient (Wildman–Crippen LogP) is 7.20. The van der Waals surface area contributed by atoms with Gasteiger partial charge in [0.15, 0.2) is 0 Å². The number of rotatable bonds is 2. The molecular formula is C30H41NO2. The molecule has 5 rings (SSSR count). The highest BCUT2D eigenvalue weighted by Gasteiger charge is 2.51. The molecule has 2 aliphatic carbocycles. The van der Waals surface area contributed by atoms with E-state index in [1.54, 1.807) is 0 Å². The standard InChI is InChI=1S/C30H41NO2/c1-18(2)27-22-17-33-30(26(22)25-23(31-27)15-29(6,7)16-24(25)32)13-12-20(14-30)19-8-10-21(11-9-19)28(3,4)5/h8-11,18,20,24,32H,12-17H2,1-7H3/t20-,24-,30?/m1/s1. The Kier molecular flexibility index (Phi) is 5.34. The molecule has 1 saturated carbocycles. The van der Waals surface area contributed by atoms with Crippen molar-refractivity contribution in [2.45, 2.75) is 116 Å². The third kappa shape index (κ3) is 3.86. The first-order chi connectivity index (χ1) is 15.4. The fraction of sp³-hybridized carbons (Fsp3) is 0.633. The van der Waals surface area contributed by atoms with Gasteiger partial charge in [-0.1, -0.05) is 72.7 Å². The second-order valence-electron chi connectivity index (χ2n) is 13.0. The summed E-state index contributed by atoms with van der Waals surface area (Å²) in [5.74, 6) is 0.848. The van der Waals surface area contributed by atoms with Crippen molar-refractivity contribution in [1.82, 2.24) is 4.98 Å². The van der Waals surface area contributed by atoms with Gasteiger partial charge in [-0.05, 0) is 71.5 Å². The zero-order valence-corrected chi connectivity index (χ0v) is 21.6. The maximum absolute atomic E-state index is 11.3. The monoisotopic (exact) mass is 447 g/mol. The molecule has 0 bridgehead atoms. The molecule has 3 nitrogen and oxygen atoms in total. The van der Waals surface area contributed by atoms with E-state index in [1.165, 1.54) is 27.9 Å². The summed E-state index contributed by atoms with van der Waals surface area (Å²) >= 11 is 0. The number of aliphatic hydroxyl groups excluding tert-OH is 1. The maximum atomic E-state index is 11.3.